The van der Waals surface area contributed by atoms with Gasteiger partial charge in [-0.1, -0.05) is 30.3 Å². The van der Waals surface area contributed by atoms with Crippen LogP contribution in [-0.4, -0.2) is 20.5 Å². The molecule has 2 aromatic heterocycles. The standard InChI is InChI=1S/C22H20N4O3/c1-14-17(15(2)26-20(23-14)13-22(28)25-26)12-21(27)24-18-10-6-7-11-19(18)29-16-8-4-3-5-9-16/h3-11,13H,12H2,1-2H3,(H,24,27)(H,25,28). The molecule has 146 valence electrons. The predicted octanol–water partition coefficient (Wildman–Crippen LogP) is 3.61. The summed E-state index contributed by atoms with van der Waals surface area (Å²) in [5, 5.41) is 5.61. The number of hydrogen-bond donors (Lipinski definition) is 2. The Bertz CT molecular complexity index is 1240. The molecule has 0 aliphatic carbocycles. The third kappa shape index (κ3) is 3.89. The molecule has 7 heteroatoms. The van der Waals surface area contributed by atoms with Gasteiger partial charge in [0.2, 0.25) is 5.91 Å². The molecule has 0 aliphatic rings. The second-order valence-corrected chi connectivity index (χ2v) is 6.71. The van der Waals surface area contributed by atoms with E-state index in [-0.39, 0.29) is 17.9 Å². The van der Waals surface area contributed by atoms with E-state index in [0.717, 1.165) is 11.3 Å². The minimum atomic E-state index is -0.228. The Hall–Kier alpha value is -3.87. The molecule has 0 saturated carbocycles. The van der Waals surface area contributed by atoms with Crippen LogP contribution in [0.5, 0.6) is 11.5 Å². The summed E-state index contributed by atoms with van der Waals surface area (Å²) in [4.78, 5) is 28.8. The Kier molecular flexibility index (Phi) is 4.87. The van der Waals surface area contributed by atoms with Crippen molar-refractivity contribution in [1.82, 2.24) is 14.6 Å². The highest BCUT2D eigenvalue weighted by molar-refractivity contribution is 5.94. The van der Waals surface area contributed by atoms with E-state index in [1.807, 2.05) is 56.3 Å². The lowest BCUT2D eigenvalue weighted by molar-refractivity contribution is -0.115. The number of ether oxygens (including phenoxy) is 1. The third-order valence-electron chi connectivity index (χ3n) is 4.67. The first-order chi connectivity index (χ1) is 14.0. The topological polar surface area (TPSA) is 88.5 Å². The molecule has 4 rings (SSSR count). The molecule has 2 aromatic carbocycles. The van der Waals surface area contributed by atoms with Crippen molar-refractivity contribution in [3.63, 3.8) is 0 Å². The summed E-state index contributed by atoms with van der Waals surface area (Å²) in [7, 11) is 0. The fourth-order valence-electron chi connectivity index (χ4n) is 3.24. The van der Waals surface area contributed by atoms with Crippen molar-refractivity contribution in [3.8, 4) is 11.5 Å². The number of amides is 1. The SMILES string of the molecule is Cc1nc2cc(=O)[nH]n2c(C)c1CC(=O)Nc1ccccc1Oc1ccccc1. The van der Waals surface area contributed by atoms with Gasteiger partial charge in [0, 0.05) is 23.0 Å². The van der Waals surface area contributed by atoms with Crippen LogP contribution in [0.2, 0.25) is 0 Å². The number of aromatic nitrogens is 3. The van der Waals surface area contributed by atoms with Crippen LogP contribution in [0.25, 0.3) is 5.65 Å². The summed E-state index contributed by atoms with van der Waals surface area (Å²) >= 11 is 0. The van der Waals surface area contributed by atoms with Crippen LogP contribution in [0.3, 0.4) is 0 Å². The summed E-state index contributed by atoms with van der Waals surface area (Å²) in [5.41, 5.74) is 3.15. The molecule has 4 aromatic rings. The normalized spacial score (nSPS) is 10.8. The van der Waals surface area contributed by atoms with Gasteiger partial charge in [0.25, 0.3) is 5.56 Å². The predicted molar refractivity (Wildman–Crippen MR) is 111 cm³/mol. The third-order valence-corrected chi connectivity index (χ3v) is 4.67. The molecule has 0 atom stereocenters. The number of hydrogen-bond acceptors (Lipinski definition) is 4. The lowest BCUT2D eigenvalue weighted by Gasteiger charge is -2.14. The fraction of sp³-hybridized carbons (Fsp3) is 0.136. The lowest BCUT2D eigenvalue weighted by atomic mass is 10.1. The fourth-order valence-corrected chi connectivity index (χ4v) is 3.24. The molecular weight excluding hydrogens is 368 g/mol. The molecule has 1 amide bonds. The van der Waals surface area contributed by atoms with E-state index in [9.17, 15) is 9.59 Å². The van der Waals surface area contributed by atoms with E-state index < -0.39 is 0 Å². The minimum absolute atomic E-state index is 0.125. The van der Waals surface area contributed by atoms with Crippen molar-refractivity contribution in [3.05, 3.63) is 88.0 Å². The number of para-hydroxylation sites is 3. The number of fused-ring (bicyclic) bond motifs is 1. The first-order valence-corrected chi connectivity index (χ1v) is 9.21. The first-order valence-electron chi connectivity index (χ1n) is 9.21. The molecule has 2 heterocycles. The number of aryl methyl sites for hydroxylation is 2. The largest absolute Gasteiger partial charge is 0.455 e. The summed E-state index contributed by atoms with van der Waals surface area (Å²) in [6.07, 6.45) is 0.125. The van der Waals surface area contributed by atoms with E-state index in [2.05, 4.69) is 15.4 Å². The maximum atomic E-state index is 12.8. The number of carbonyl (C=O) groups excluding carboxylic acids is 1. The molecule has 0 bridgehead atoms. The number of anilines is 1. The molecule has 0 saturated heterocycles. The van der Waals surface area contributed by atoms with Gasteiger partial charge >= 0.3 is 0 Å². The Balaban J connectivity index is 1.57. The number of nitrogens with zero attached hydrogens (tertiary/aromatic N) is 2. The summed E-state index contributed by atoms with van der Waals surface area (Å²) in [6, 6.07) is 18.1. The van der Waals surface area contributed by atoms with Crippen molar-refractivity contribution in [1.29, 1.82) is 0 Å². The van der Waals surface area contributed by atoms with Crippen molar-refractivity contribution in [2.45, 2.75) is 20.3 Å². The van der Waals surface area contributed by atoms with Gasteiger partial charge in [0.15, 0.2) is 11.4 Å². The lowest BCUT2D eigenvalue weighted by Crippen LogP contribution is -2.18. The van der Waals surface area contributed by atoms with Crippen molar-refractivity contribution >= 4 is 17.2 Å². The number of H-pyrrole nitrogens is 1. The van der Waals surface area contributed by atoms with E-state index >= 15 is 0 Å². The highest BCUT2D eigenvalue weighted by atomic mass is 16.5. The highest BCUT2D eigenvalue weighted by Gasteiger charge is 2.15. The van der Waals surface area contributed by atoms with Crippen LogP contribution < -0.4 is 15.6 Å². The van der Waals surface area contributed by atoms with Gasteiger partial charge in [-0.15, -0.1) is 0 Å². The molecular formula is C22H20N4O3. The summed E-state index contributed by atoms with van der Waals surface area (Å²) in [5.74, 6) is 1.05. The maximum absolute atomic E-state index is 12.8. The quantitative estimate of drug-likeness (QED) is 0.547. The van der Waals surface area contributed by atoms with E-state index in [1.54, 1.807) is 16.6 Å². The molecule has 7 nitrogen and oxygen atoms in total. The maximum Gasteiger partial charge on any atom is 0.266 e. The van der Waals surface area contributed by atoms with Gasteiger partial charge in [-0.25, -0.2) is 9.50 Å². The van der Waals surface area contributed by atoms with Crippen molar-refractivity contribution in [2.24, 2.45) is 0 Å². The van der Waals surface area contributed by atoms with Crippen LogP contribution in [0, 0.1) is 13.8 Å². The van der Waals surface area contributed by atoms with Gasteiger partial charge in [0.05, 0.1) is 12.1 Å². The first kappa shape index (κ1) is 18.5. The molecule has 0 aliphatic heterocycles. The zero-order chi connectivity index (χ0) is 20.4. The number of benzene rings is 2. The van der Waals surface area contributed by atoms with Gasteiger partial charge in [-0.2, -0.15) is 0 Å². The van der Waals surface area contributed by atoms with Crippen LogP contribution in [0.15, 0.2) is 65.5 Å². The van der Waals surface area contributed by atoms with Gasteiger partial charge in [-0.3, -0.25) is 14.7 Å². The Morgan fingerprint density at radius 1 is 1.10 bits per heavy atom. The van der Waals surface area contributed by atoms with Crippen LogP contribution in [-0.2, 0) is 11.2 Å². The van der Waals surface area contributed by atoms with Crippen LogP contribution in [0.1, 0.15) is 17.0 Å². The molecule has 29 heavy (non-hydrogen) atoms. The van der Waals surface area contributed by atoms with Gasteiger partial charge < -0.3 is 10.1 Å². The van der Waals surface area contributed by atoms with Crippen LogP contribution >= 0.6 is 0 Å². The minimum Gasteiger partial charge on any atom is -0.455 e. The number of nitrogens with one attached hydrogen (secondary N) is 2. The molecule has 2 N–H and O–H groups in total. The molecule has 0 spiro atoms. The zero-order valence-electron chi connectivity index (χ0n) is 16.1. The van der Waals surface area contributed by atoms with E-state index in [0.29, 0.717) is 28.5 Å². The van der Waals surface area contributed by atoms with E-state index in [4.69, 9.17) is 4.74 Å². The Morgan fingerprint density at radius 2 is 1.83 bits per heavy atom. The molecule has 0 unspecified atom stereocenters. The van der Waals surface area contributed by atoms with Crippen LogP contribution in [0.4, 0.5) is 5.69 Å². The number of rotatable bonds is 5. The van der Waals surface area contributed by atoms with Gasteiger partial charge in [0.1, 0.15) is 5.75 Å². The van der Waals surface area contributed by atoms with Crippen molar-refractivity contribution in [2.75, 3.05) is 5.32 Å². The van der Waals surface area contributed by atoms with Gasteiger partial charge in [-0.05, 0) is 38.1 Å². The molecule has 0 radical (unpaired) electrons. The number of carbonyl (C=O) groups is 1. The van der Waals surface area contributed by atoms with E-state index in [1.165, 1.54) is 6.07 Å². The highest BCUT2D eigenvalue weighted by Crippen LogP contribution is 2.29. The molecule has 0 fully saturated rings. The average molecular weight is 388 g/mol. The second kappa shape index (κ2) is 7.63. The Morgan fingerprint density at radius 3 is 2.62 bits per heavy atom. The summed E-state index contributed by atoms with van der Waals surface area (Å²) in [6.45, 7) is 3.69. The second-order valence-electron chi connectivity index (χ2n) is 6.71. The zero-order valence-corrected chi connectivity index (χ0v) is 16.1. The Labute approximate surface area is 167 Å². The summed E-state index contributed by atoms with van der Waals surface area (Å²) < 4.78 is 7.50. The smallest absolute Gasteiger partial charge is 0.266 e. The number of aromatic amines is 1. The van der Waals surface area contributed by atoms with Crippen molar-refractivity contribution < 1.29 is 9.53 Å². The monoisotopic (exact) mass is 388 g/mol. The average Bonchev–Trinajstić information content (AvgIpc) is 3.08.